The number of hydrogen-bond donors (Lipinski definition) is 1. The van der Waals surface area contributed by atoms with Crippen LogP contribution < -0.4 is 10.1 Å². The number of pyridine rings is 1. The highest BCUT2D eigenvalue weighted by atomic mass is 16.5. The number of hydrogen-bond acceptors (Lipinski definition) is 4. The molecule has 0 atom stereocenters. The Labute approximate surface area is 157 Å². The van der Waals surface area contributed by atoms with Gasteiger partial charge in [-0.25, -0.2) is 4.98 Å². The standard InChI is InChI=1S/C20H32N4O2/c1-21-20(24(2)12-13-25-15-16-9-10-16)23-14-17-6-5-11-22-19(17)26-18-7-3-4-8-18/h5-6,11,16,18H,3-4,7-10,12-15H2,1-2H3,(H,21,23). The molecule has 26 heavy (non-hydrogen) atoms. The van der Waals surface area contributed by atoms with E-state index in [0.29, 0.717) is 12.6 Å². The summed E-state index contributed by atoms with van der Waals surface area (Å²) < 4.78 is 11.8. The molecule has 2 aliphatic rings. The van der Waals surface area contributed by atoms with E-state index < -0.39 is 0 Å². The SMILES string of the molecule is CN=C(NCc1cccnc1OC1CCCC1)N(C)CCOCC1CC1. The Morgan fingerprint density at radius 2 is 2.12 bits per heavy atom. The van der Waals surface area contributed by atoms with Crippen molar-refractivity contribution in [2.24, 2.45) is 10.9 Å². The van der Waals surface area contributed by atoms with Gasteiger partial charge in [0.25, 0.3) is 0 Å². The van der Waals surface area contributed by atoms with E-state index in [4.69, 9.17) is 9.47 Å². The smallest absolute Gasteiger partial charge is 0.218 e. The number of rotatable bonds is 9. The normalized spacial score (nSPS) is 18.2. The molecule has 1 aromatic rings. The van der Waals surface area contributed by atoms with E-state index in [-0.39, 0.29) is 0 Å². The molecule has 6 nitrogen and oxygen atoms in total. The van der Waals surface area contributed by atoms with Crippen molar-refractivity contribution in [2.75, 3.05) is 33.9 Å². The maximum atomic E-state index is 6.12. The molecule has 0 radical (unpaired) electrons. The number of aromatic nitrogens is 1. The predicted octanol–water partition coefficient (Wildman–Crippen LogP) is 2.84. The van der Waals surface area contributed by atoms with E-state index in [9.17, 15) is 0 Å². The molecule has 2 saturated carbocycles. The molecule has 3 rings (SSSR count). The monoisotopic (exact) mass is 360 g/mol. The predicted molar refractivity (Wildman–Crippen MR) is 103 cm³/mol. The minimum absolute atomic E-state index is 0.314. The summed E-state index contributed by atoms with van der Waals surface area (Å²) in [7, 11) is 3.85. The Bertz CT molecular complexity index is 583. The van der Waals surface area contributed by atoms with Crippen LogP contribution in [0.1, 0.15) is 44.1 Å². The van der Waals surface area contributed by atoms with E-state index in [1.807, 2.05) is 20.2 Å². The Morgan fingerprint density at radius 1 is 1.31 bits per heavy atom. The minimum atomic E-state index is 0.314. The zero-order chi connectivity index (χ0) is 18.2. The second-order valence-electron chi connectivity index (χ2n) is 7.33. The lowest BCUT2D eigenvalue weighted by molar-refractivity contribution is 0.115. The van der Waals surface area contributed by atoms with Crippen LogP contribution in [-0.4, -0.2) is 55.8 Å². The Hall–Kier alpha value is -1.82. The van der Waals surface area contributed by atoms with Crippen LogP contribution >= 0.6 is 0 Å². The third-order valence-electron chi connectivity index (χ3n) is 5.06. The van der Waals surface area contributed by atoms with Gasteiger partial charge in [0.05, 0.1) is 6.61 Å². The lowest BCUT2D eigenvalue weighted by Gasteiger charge is -2.22. The molecule has 0 unspecified atom stereocenters. The lowest BCUT2D eigenvalue weighted by Crippen LogP contribution is -2.40. The summed E-state index contributed by atoms with van der Waals surface area (Å²) in [5.41, 5.74) is 1.07. The van der Waals surface area contributed by atoms with Gasteiger partial charge in [-0.3, -0.25) is 4.99 Å². The molecule has 0 saturated heterocycles. The van der Waals surface area contributed by atoms with Crippen molar-refractivity contribution in [1.82, 2.24) is 15.2 Å². The highest BCUT2D eigenvalue weighted by Crippen LogP contribution is 2.28. The maximum absolute atomic E-state index is 6.12. The molecule has 1 aromatic heterocycles. The summed E-state index contributed by atoms with van der Waals surface area (Å²) in [6.45, 7) is 3.11. The largest absolute Gasteiger partial charge is 0.474 e. The first kappa shape index (κ1) is 19.0. The number of aliphatic imine (C=N–C) groups is 1. The fourth-order valence-electron chi connectivity index (χ4n) is 3.23. The molecule has 0 aromatic carbocycles. The van der Waals surface area contributed by atoms with Crippen molar-refractivity contribution in [3.05, 3.63) is 23.9 Å². The summed E-state index contributed by atoms with van der Waals surface area (Å²) in [6, 6.07) is 4.02. The van der Waals surface area contributed by atoms with E-state index in [2.05, 4.69) is 26.3 Å². The third-order valence-corrected chi connectivity index (χ3v) is 5.06. The zero-order valence-electron chi connectivity index (χ0n) is 16.1. The van der Waals surface area contributed by atoms with Gasteiger partial charge in [0, 0.05) is 45.6 Å². The van der Waals surface area contributed by atoms with Crippen molar-refractivity contribution < 1.29 is 9.47 Å². The summed E-state index contributed by atoms with van der Waals surface area (Å²) in [6.07, 6.45) is 9.55. The number of ether oxygens (including phenoxy) is 2. The average molecular weight is 361 g/mol. The van der Waals surface area contributed by atoms with Gasteiger partial charge in [0.1, 0.15) is 6.10 Å². The highest BCUT2D eigenvalue weighted by molar-refractivity contribution is 5.79. The molecule has 6 heteroatoms. The van der Waals surface area contributed by atoms with Gasteiger partial charge in [-0.05, 0) is 50.5 Å². The van der Waals surface area contributed by atoms with E-state index in [1.54, 1.807) is 6.20 Å². The molecule has 2 fully saturated rings. The van der Waals surface area contributed by atoms with E-state index >= 15 is 0 Å². The molecule has 0 amide bonds. The van der Waals surface area contributed by atoms with Crippen molar-refractivity contribution in [3.8, 4) is 5.88 Å². The third kappa shape index (κ3) is 5.87. The average Bonchev–Trinajstić information content (AvgIpc) is 3.34. The van der Waals surface area contributed by atoms with Crippen LogP contribution in [0, 0.1) is 5.92 Å². The first-order chi connectivity index (χ1) is 12.8. The molecule has 1 N–H and O–H groups in total. The van der Waals surface area contributed by atoms with Gasteiger partial charge in [0.15, 0.2) is 5.96 Å². The maximum Gasteiger partial charge on any atom is 0.218 e. The van der Waals surface area contributed by atoms with Crippen molar-refractivity contribution in [3.63, 3.8) is 0 Å². The first-order valence-electron chi connectivity index (χ1n) is 9.86. The Kier molecular flexibility index (Phi) is 7.12. The van der Waals surface area contributed by atoms with Crippen LogP contribution in [0.15, 0.2) is 23.3 Å². The lowest BCUT2D eigenvalue weighted by atomic mass is 10.2. The summed E-state index contributed by atoms with van der Waals surface area (Å²) in [5.74, 6) is 2.41. The van der Waals surface area contributed by atoms with E-state index in [1.165, 1.54) is 25.7 Å². The second kappa shape index (κ2) is 9.76. The van der Waals surface area contributed by atoms with Gasteiger partial charge in [0.2, 0.25) is 5.88 Å². The fraction of sp³-hybridized carbons (Fsp3) is 0.700. The summed E-state index contributed by atoms with van der Waals surface area (Å²) >= 11 is 0. The van der Waals surface area contributed by atoms with Crippen molar-refractivity contribution in [2.45, 2.75) is 51.2 Å². The molecular weight excluding hydrogens is 328 g/mol. The molecule has 0 spiro atoms. The molecule has 144 valence electrons. The molecule has 2 aliphatic carbocycles. The van der Waals surface area contributed by atoms with Crippen LogP contribution in [0.25, 0.3) is 0 Å². The summed E-state index contributed by atoms with van der Waals surface area (Å²) in [4.78, 5) is 10.9. The molecular formula is C20H32N4O2. The van der Waals surface area contributed by atoms with Gasteiger partial charge < -0.3 is 19.7 Å². The van der Waals surface area contributed by atoms with Crippen LogP contribution in [-0.2, 0) is 11.3 Å². The van der Waals surface area contributed by atoms with Gasteiger partial charge in [-0.2, -0.15) is 0 Å². The topological polar surface area (TPSA) is 59.0 Å². The van der Waals surface area contributed by atoms with Crippen LogP contribution in [0.3, 0.4) is 0 Å². The molecule has 0 aliphatic heterocycles. The van der Waals surface area contributed by atoms with Gasteiger partial charge in [-0.1, -0.05) is 6.07 Å². The Balaban J connectivity index is 1.46. The van der Waals surface area contributed by atoms with Crippen LogP contribution in [0.4, 0.5) is 0 Å². The van der Waals surface area contributed by atoms with Crippen molar-refractivity contribution in [1.29, 1.82) is 0 Å². The van der Waals surface area contributed by atoms with E-state index in [0.717, 1.165) is 55.9 Å². The molecule has 0 bridgehead atoms. The second-order valence-corrected chi connectivity index (χ2v) is 7.33. The number of guanidine groups is 1. The first-order valence-corrected chi connectivity index (χ1v) is 9.86. The van der Waals surface area contributed by atoms with Gasteiger partial charge >= 0.3 is 0 Å². The zero-order valence-corrected chi connectivity index (χ0v) is 16.1. The quantitative estimate of drug-likeness (QED) is 0.417. The van der Waals surface area contributed by atoms with Gasteiger partial charge in [-0.15, -0.1) is 0 Å². The minimum Gasteiger partial charge on any atom is -0.474 e. The van der Waals surface area contributed by atoms with Crippen LogP contribution in [0.2, 0.25) is 0 Å². The number of nitrogens with one attached hydrogen (secondary N) is 1. The number of likely N-dealkylation sites (N-methyl/N-ethyl adjacent to an activating group) is 1. The summed E-state index contributed by atoms with van der Waals surface area (Å²) in [5, 5.41) is 3.41. The highest BCUT2D eigenvalue weighted by Gasteiger charge is 2.21. The Morgan fingerprint density at radius 3 is 2.85 bits per heavy atom. The molecule has 1 heterocycles. The van der Waals surface area contributed by atoms with Crippen LogP contribution in [0.5, 0.6) is 5.88 Å². The van der Waals surface area contributed by atoms with Crippen molar-refractivity contribution >= 4 is 5.96 Å². The fourth-order valence-corrected chi connectivity index (χ4v) is 3.23. The number of nitrogens with zero attached hydrogens (tertiary/aromatic N) is 3.